The van der Waals surface area contributed by atoms with Gasteiger partial charge in [-0.3, -0.25) is 0 Å². The van der Waals surface area contributed by atoms with Gasteiger partial charge in [0.1, 0.15) is 0 Å². The zero-order valence-electron chi connectivity index (χ0n) is 13.2. The molecule has 1 N–H and O–H groups in total. The highest BCUT2D eigenvalue weighted by Gasteiger charge is 2.24. The molecular weight excluding hydrogens is 308 g/mol. The van der Waals surface area contributed by atoms with E-state index in [1.807, 2.05) is 13.8 Å². The summed E-state index contributed by atoms with van der Waals surface area (Å²) >= 11 is 6.21. The van der Waals surface area contributed by atoms with E-state index < -0.39 is 10.0 Å². The summed E-state index contributed by atoms with van der Waals surface area (Å²) in [5, 5.41) is 3.74. The summed E-state index contributed by atoms with van der Waals surface area (Å²) in [5.41, 5.74) is 0.912. The van der Waals surface area contributed by atoms with Crippen molar-refractivity contribution in [2.75, 3.05) is 13.6 Å². The Morgan fingerprint density at radius 3 is 2.52 bits per heavy atom. The average molecular weight is 333 g/mol. The Morgan fingerprint density at radius 2 is 2.00 bits per heavy atom. The lowest BCUT2D eigenvalue weighted by Gasteiger charge is -2.23. The van der Waals surface area contributed by atoms with E-state index in [9.17, 15) is 8.42 Å². The van der Waals surface area contributed by atoms with Crippen molar-refractivity contribution in [2.45, 2.75) is 51.1 Å². The standard InChI is InChI=1S/C15H25ClN2O2S/c1-5-9-17-11-13-7-8-14(10-15(13)16)21(19,20)18(4)12(3)6-2/h7-8,10,12,17H,5-6,9,11H2,1-4H3. The monoisotopic (exact) mass is 332 g/mol. The molecule has 0 fully saturated rings. The summed E-state index contributed by atoms with van der Waals surface area (Å²) in [5.74, 6) is 0. The number of benzene rings is 1. The summed E-state index contributed by atoms with van der Waals surface area (Å²) in [6.07, 6.45) is 1.81. The SMILES string of the molecule is CCCNCc1ccc(S(=O)(=O)N(C)C(C)CC)cc1Cl. The van der Waals surface area contributed by atoms with Gasteiger partial charge in [0.05, 0.1) is 4.90 Å². The first-order valence-corrected chi connectivity index (χ1v) is 9.13. The highest BCUT2D eigenvalue weighted by Crippen LogP contribution is 2.24. The number of nitrogens with one attached hydrogen (secondary N) is 1. The second kappa shape index (κ2) is 8.13. The van der Waals surface area contributed by atoms with Gasteiger partial charge in [0, 0.05) is 24.7 Å². The lowest BCUT2D eigenvalue weighted by Crippen LogP contribution is -2.34. The van der Waals surface area contributed by atoms with Crippen LogP contribution in [0.15, 0.2) is 23.1 Å². The van der Waals surface area contributed by atoms with E-state index in [0.29, 0.717) is 11.6 Å². The maximum Gasteiger partial charge on any atom is 0.243 e. The van der Waals surface area contributed by atoms with Gasteiger partial charge in [0.2, 0.25) is 10.0 Å². The molecule has 1 unspecified atom stereocenters. The van der Waals surface area contributed by atoms with E-state index in [1.54, 1.807) is 25.2 Å². The Balaban J connectivity index is 2.97. The summed E-state index contributed by atoms with van der Waals surface area (Å²) in [7, 11) is -1.88. The molecule has 0 aromatic heterocycles. The van der Waals surface area contributed by atoms with Crippen molar-refractivity contribution < 1.29 is 8.42 Å². The quantitative estimate of drug-likeness (QED) is 0.743. The molecule has 0 aliphatic carbocycles. The summed E-state index contributed by atoms with van der Waals surface area (Å²) < 4.78 is 26.4. The first-order chi connectivity index (χ1) is 9.84. The van der Waals surface area contributed by atoms with Crippen LogP contribution in [0.2, 0.25) is 5.02 Å². The van der Waals surface area contributed by atoms with E-state index in [4.69, 9.17) is 11.6 Å². The maximum absolute atomic E-state index is 12.5. The van der Waals surface area contributed by atoms with E-state index in [2.05, 4.69) is 12.2 Å². The second-order valence-corrected chi connectivity index (χ2v) is 7.61. The van der Waals surface area contributed by atoms with Gasteiger partial charge >= 0.3 is 0 Å². The van der Waals surface area contributed by atoms with E-state index in [1.165, 1.54) is 4.31 Å². The van der Waals surface area contributed by atoms with Crippen molar-refractivity contribution >= 4 is 21.6 Å². The fourth-order valence-electron chi connectivity index (χ4n) is 1.89. The molecule has 0 radical (unpaired) electrons. The van der Waals surface area contributed by atoms with Gasteiger partial charge in [0.25, 0.3) is 0 Å². The van der Waals surface area contributed by atoms with Crippen LogP contribution in [-0.4, -0.2) is 32.4 Å². The molecular formula is C15H25ClN2O2S. The molecule has 1 aromatic rings. The summed E-state index contributed by atoms with van der Waals surface area (Å²) in [4.78, 5) is 0.245. The molecule has 6 heteroatoms. The number of nitrogens with zero attached hydrogens (tertiary/aromatic N) is 1. The molecule has 0 aliphatic heterocycles. The van der Waals surface area contributed by atoms with Crippen molar-refractivity contribution in [1.82, 2.24) is 9.62 Å². The third-order valence-corrected chi connectivity index (χ3v) is 5.97. The highest BCUT2D eigenvalue weighted by atomic mass is 35.5. The van der Waals surface area contributed by atoms with Crippen LogP contribution >= 0.6 is 11.6 Å². The molecule has 1 rings (SSSR count). The van der Waals surface area contributed by atoms with Crippen LogP contribution in [0.3, 0.4) is 0 Å². The van der Waals surface area contributed by atoms with Crippen LogP contribution in [-0.2, 0) is 16.6 Å². The minimum Gasteiger partial charge on any atom is -0.313 e. The van der Waals surface area contributed by atoms with Crippen molar-refractivity contribution in [3.05, 3.63) is 28.8 Å². The Bertz CT molecular complexity index is 561. The Labute approximate surface area is 133 Å². The lowest BCUT2D eigenvalue weighted by atomic mass is 10.2. The van der Waals surface area contributed by atoms with Crippen molar-refractivity contribution in [3.63, 3.8) is 0 Å². The number of sulfonamides is 1. The lowest BCUT2D eigenvalue weighted by molar-refractivity contribution is 0.380. The Morgan fingerprint density at radius 1 is 1.33 bits per heavy atom. The zero-order valence-corrected chi connectivity index (χ0v) is 14.8. The minimum atomic E-state index is -3.49. The smallest absolute Gasteiger partial charge is 0.243 e. The largest absolute Gasteiger partial charge is 0.313 e. The molecule has 0 spiro atoms. The first kappa shape index (κ1) is 18.4. The van der Waals surface area contributed by atoms with Crippen LogP contribution in [0.4, 0.5) is 0 Å². The van der Waals surface area contributed by atoms with E-state index in [-0.39, 0.29) is 10.9 Å². The molecule has 0 saturated heterocycles. The van der Waals surface area contributed by atoms with Gasteiger partial charge in [-0.15, -0.1) is 0 Å². The van der Waals surface area contributed by atoms with Gasteiger partial charge in [-0.25, -0.2) is 8.42 Å². The van der Waals surface area contributed by atoms with Crippen molar-refractivity contribution in [2.24, 2.45) is 0 Å². The van der Waals surface area contributed by atoms with Crippen LogP contribution in [0.1, 0.15) is 39.2 Å². The number of halogens is 1. The van der Waals surface area contributed by atoms with E-state index >= 15 is 0 Å². The van der Waals surface area contributed by atoms with Crippen LogP contribution in [0.25, 0.3) is 0 Å². The van der Waals surface area contributed by atoms with Gasteiger partial charge < -0.3 is 5.32 Å². The number of hydrogen-bond donors (Lipinski definition) is 1. The number of hydrogen-bond acceptors (Lipinski definition) is 3. The van der Waals surface area contributed by atoms with Crippen LogP contribution in [0, 0.1) is 0 Å². The normalized spacial score (nSPS) is 13.6. The molecule has 0 bridgehead atoms. The average Bonchev–Trinajstić information content (AvgIpc) is 2.47. The molecule has 1 atom stereocenters. The molecule has 4 nitrogen and oxygen atoms in total. The highest BCUT2D eigenvalue weighted by molar-refractivity contribution is 7.89. The summed E-state index contributed by atoms with van der Waals surface area (Å²) in [6.45, 7) is 7.50. The third-order valence-electron chi connectivity index (χ3n) is 3.66. The Hall–Kier alpha value is -0.620. The molecule has 120 valence electrons. The van der Waals surface area contributed by atoms with Gasteiger partial charge in [-0.1, -0.05) is 31.5 Å². The second-order valence-electron chi connectivity index (χ2n) is 5.21. The topological polar surface area (TPSA) is 49.4 Å². The Kier molecular flexibility index (Phi) is 7.13. The fourth-order valence-corrected chi connectivity index (χ4v) is 3.67. The predicted octanol–water partition coefficient (Wildman–Crippen LogP) is 3.26. The molecule has 21 heavy (non-hydrogen) atoms. The van der Waals surface area contributed by atoms with Crippen LogP contribution in [0.5, 0.6) is 0 Å². The summed E-state index contributed by atoms with van der Waals surface area (Å²) in [6, 6.07) is 4.91. The number of rotatable bonds is 8. The molecule has 1 aromatic carbocycles. The molecule has 0 aliphatic rings. The third kappa shape index (κ3) is 4.68. The predicted molar refractivity (Wildman–Crippen MR) is 88.2 cm³/mol. The van der Waals surface area contributed by atoms with Gasteiger partial charge in [-0.2, -0.15) is 4.31 Å². The molecule has 0 heterocycles. The van der Waals surface area contributed by atoms with Gasteiger partial charge in [0.15, 0.2) is 0 Å². The minimum absolute atomic E-state index is 0.0420. The van der Waals surface area contributed by atoms with Crippen molar-refractivity contribution in [1.29, 1.82) is 0 Å². The van der Waals surface area contributed by atoms with E-state index in [0.717, 1.165) is 24.9 Å². The van der Waals surface area contributed by atoms with Crippen molar-refractivity contribution in [3.8, 4) is 0 Å². The first-order valence-electron chi connectivity index (χ1n) is 7.31. The maximum atomic E-state index is 12.5. The van der Waals surface area contributed by atoms with Gasteiger partial charge in [-0.05, 0) is 44.0 Å². The zero-order chi connectivity index (χ0) is 16.0. The fraction of sp³-hybridized carbons (Fsp3) is 0.600. The van der Waals surface area contributed by atoms with Crippen LogP contribution < -0.4 is 5.32 Å². The molecule has 0 saturated carbocycles. The molecule has 0 amide bonds.